The maximum atomic E-state index is 14.5. The molecule has 0 bridgehead atoms. The summed E-state index contributed by atoms with van der Waals surface area (Å²) in [6, 6.07) is 15.7. The van der Waals surface area contributed by atoms with Crippen molar-refractivity contribution in [1.29, 1.82) is 0 Å². The van der Waals surface area contributed by atoms with Crippen LogP contribution < -0.4 is 10.6 Å². The predicted molar refractivity (Wildman–Crippen MR) is 135 cm³/mol. The molecular weight excluding hydrogens is 427 g/mol. The van der Waals surface area contributed by atoms with Crippen molar-refractivity contribution in [3.05, 3.63) is 77.9 Å². The number of fused-ring (bicyclic) bond motifs is 1. The maximum absolute atomic E-state index is 14.5. The highest BCUT2D eigenvalue weighted by Gasteiger charge is 2.20. The van der Waals surface area contributed by atoms with Crippen molar-refractivity contribution in [1.82, 2.24) is 15.3 Å². The molecule has 34 heavy (non-hydrogen) atoms. The van der Waals surface area contributed by atoms with E-state index in [9.17, 15) is 9.18 Å². The number of halogens is 1. The van der Waals surface area contributed by atoms with Gasteiger partial charge in [-0.1, -0.05) is 49.6 Å². The fourth-order valence-electron chi connectivity index (χ4n) is 4.97. The van der Waals surface area contributed by atoms with Crippen LogP contribution >= 0.6 is 0 Å². The van der Waals surface area contributed by atoms with Gasteiger partial charge < -0.3 is 15.6 Å². The van der Waals surface area contributed by atoms with E-state index in [0.717, 1.165) is 16.9 Å². The lowest BCUT2D eigenvalue weighted by atomic mass is 9.81. The second-order valence-corrected chi connectivity index (χ2v) is 9.02. The summed E-state index contributed by atoms with van der Waals surface area (Å²) in [5, 5.41) is 6.79. The number of pyridine rings is 1. The van der Waals surface area contributed by atoms with Crippen LogP contribution in [0.4, 0.5) is 15.9 Å². The number of aromatic amines is 1. The van der Waals surface area contributed by atoms with E-state index in [1.54, 1.807) is 13.1 Å². The minimum absolute atomic E-state index is 0.00458. The number of rotatable bonds is 6. The molecule has 2 heterocycles. The van der Waals surface area contributed by atoms with Gasteiger partial charge in [-0.15, -0.1) is 0 Å². The summed E-state index contributed by atoms with van der Waals surface area (Å²) in [4.78, 5) is 19.7. The van der Waals surface area contributed by atoms with Gasteiger partial charge in [0.15, 0.2) is 0 Å². The van der Waals surface area contributed by atoms with Crippen LogP contribution in [-0.4, -0.2) is 22.9 Å². The number of hydrogen-bond donors (Lipinski definition) is 3. The number of hydrogen-bond acceptors (Lipinski definition) is 3. The summed E-state index contributed by atoms with van der Waals surface area (Å²) >= 11 is 0. The Morgan fingerprint density at radius 2 is 1.91 bits per heavy atom. The van der Waals surface area contributed by atoms with E-state index in [1.807, 2.05) is 18.5 Å². The molecule has 174 valence electrons. The molecule has 5 rings (SSSR count). The third-order valence-electron chi connectivity index (χ3n) is 6.81. The maximum Gasteiger partial charge on any atom is 0.224 e. The standard InChI is InChI=1S/C28H29FN4O/c1-30-28(34)13-20-12-22-25(15-24(20)29)31-17-26(22)33-27-14-21(18-8-4-2-5-9-18)23(16-32-27)19-10-6-3-7-11-19/h2,4-5,8-9,12,14-17,19,31H,3,6-7,10-11,13H2,1H3,(H,30,34)(H,32,33). The van der Waals surface area contributed by atoms with Gasteiger partial charge in [0.1, 0.15) is 11.6 Å². The Hall–Kier alpha value is -3.67. The number of H-pyrrole nitrogens is 1. The molecule has 0 spiro atoms. The first kappa shape index (κ1) is 22.1. The molecule has 0 radical (unpaired) electrons. The summed E-state index contributed by atoms with van der Waals surface area (Å²) in [7, 11) is 1.55. The van der Waals surface area contributed by atoms with Crippen molar-refractivity contribution in [2.75, 3.05) is 12.4 Å². The highest BCUT2D eigenvalue weighted by atomic mass is 19.1. The summed E-state index contributed by atoms with van der Waals surface area (Å²) < 4.78 is 14.5. The van der Waals surface area contributed by atoms with Crippen LogP contribution in [-0.2, 0) is 11.2 Å². The van der Waals surface area contributed by atoms with E-state index in [2.05, 4.69) is 45.9 Å². The first-order chi connectivity index (χ1) is 16.6. The zero-order valence-electron chi connectivity index (χ0n) is 19.3. The highest BCUT2D eigenvalue weighted by molar-refractivity contribution is 5.95. The van der Waals surface area contributed by atoms with E-state index in [1.165, 1.54) is 54.9 Å². The number of amides is 1. The zero-order valence-corrected chi connectivity index (χ0v) is 19.3. The van der Waals surface area contributed by atoms with Gasteiger partial charge in [-0.3, -0.25) is 4.79 Å². The third kappa shape index (κ3) is 4.53. The lowest BCUT2D eigenvalue weighted by Gasteiger charge is -2.24. The number of carbonyl (C=O) groups is 1. The van der Waals surface area contributed by atoms with Gasteiger partial charge in [0.2, 0.25) is 5.91 Å². The Labute approximate surface area is 198 Å². The molecule has 1 fully saturated rings. The molecule has 4 aromatic rings. The van der Waals surface area contributed by atoms with Gasteiger partial charge in [-0.25, -0.2) is 9.37 Å². The molecule has 6 heteroatoms. The largest absolute Gasteiger partial charge is 0.359 e. The third-order valence-corrected chi connectivity index (χ3v) is 6.81. The molecule has 1 aliphatic carbocycles. The number of likely N-dealkylation sites (N-methyl/N-ethyl adjacent to an activating group) is 1. The average Bonchev–Trinajstić information content (AvgIpc) is 3.26. The molecule has 0 unspecified atom stereocenters. The minimum atomic E-state index is -0.397. The minimum Gasteiger partial charge on any atom is -0.359 e. The molecule has 3 N–H and O–H groups in total. The zero-order chi connectivity index (χ0) is 23.5. The van der Waals surface area contributed by atoms with Gasteiger partial charge in [0.25, 0.3) is 0 Å². The van der Waals surface area contributed by atoms with E-state index >= 15 is 0 Å². The summed E-state index contributed by atoms with van der Waals surface area (Å²) in [6.07, 6.45) is 10.1. The number of aromatic nitrogens is 2. The molecule has 0 aliphatic heterocycles. The summed E-state index contributed by atoms with van der Waals surface area (Å²) in [5.41, 5.74) is 5.52. The molecule has 0 saturated heterocycles. The van der Waals surface area contributed by atoms with Gasteiger partial charge in [-0.05, 0) is 59.2 Å². The molecule has 1 saturated carbocycles. The molecule has 2 aromatic heterocycles. The average molecular weight is 457 g/mol. The van der Waals surface area contributed by atoms with Crippen LogP contribution in [0, 0.1) is 5.82 Å². The Morgan fingerprint density at radius 3 is 2.68 bits per heavy atom. The van der Waals surface area contributed by atoms with Crippen molar-refractivity contribution < 1.29 is 9.18 Å². The van der Waals surface area contributed by atoms with E-state index in [-0.39, 0.29) is 12.3 Å². The number of benzene rings is 2. The number of anilines is 2. The van der Waals surface area contributed by atoms with Crippen LogP contribution in [0.3, 0.4) is 0 Å². The fourth-order valence-corrected chi connectivity index (χ4v) is 4.97. The normalized spacial score (nSPS) is 14.3. The van der Waals surface area contributed by atoms with Crippen LogP contribution in [0.5, 0.6) is 0 Å². The van der Waals surface area contributed by atoms with Crippen molar-refractivity contribution in [3.63, 3.8) is 0 Å². The molecule has 1 amide bonds. The Kier molecular flexibility index (Phi) is 6.30. The van der Waals surface area contributed by atoms with Crippen molar-refractivity contribution in [2.24, 2.45) is 0 Å². The Bertz CT molecular complexity index is 1310. The van der Waals surface area contributed by atoms with Crippen molar-refractivity contribution in [3.8, 4) is 11.1 Å². The van der Waals surface area contributed by atoms with E-state index in [0.29, 0.717) is 17.0 Å². The van der Waals surface area contributed by atoms with E-state index < -0.39 is 5.82 Å². The van der Waals surface area contributed by atoms with Crippen LogP contribution in [0.2, 0.25) is 0 Å². The fraction of sp³-hybridized carbons (Fsp3) is 0.286. The van der Waals surface area contributed by atoms with Crippen LogP contribution in [0.1, 0.15) is 49.1 Å². The van der Waals surface area contributed by atoms with Gasteiger partial charge in [0.05, 0.1) is 17.6 Å². The second-order valence-electron chi connectivity index (χ2n) is 9.02. The SMILES string of the molecule is CNC(=O)Cc1cc2c(Nc3cc(-c4ccccc4)c(C4CCCCC4)cn3)c[nH]c2cc1F. The van der Waals surface area contributed by atoms with E-state index in [4.69, 9.17) is 4.98 Å². The predicted octanol–water partition coefficient (Wildman–Crippen LogP) is 6.45. The first-order valence-corrected chi connectivity index (χ1v) is 11.9. The lowest BCUT2D eigenvalue weighted by molar-refractivity contribution is -0.120. The molecule has 0 atom stereocenters. The molecule has 2 aromatic carbocycles. The number of nitrogens with zero attached hydrogens (tertiary/aromatic N) is 1. The summed E-state index contributed by atoms with van der Waals surface area (Å²) in [5.74, 6) is 0.645. The number of nitrogens with one attached hydrogen (secondary N) is 3. The topological polar surface area (TPSA) is 69.8 Å². The van der Waals surface area contributed by atoms with Gasteiger partial charge >= 0.3 is 0 Å². The smallest absolute Gasteiger partial charge is 0.224 e. The summed E-state index contributed by atoms with van der Waals surface area (Å²) in [6.45, 7) is 0. The van der Waals surface area contributed by atoms with Gasteiger partial charge in [-0.2, -0.15) is 0 Å². The van der Waals surface area contributed by atoms with Crippen molar-refractivity contribution in [2.45, 2.75) is 44.4 Å². The lowest BCUT2D eigenvalue weighted by Crippen LogP contribution is -2.20. The quantitative estimate of drug-likeness (QED) is 0.312. The first-order valence-electron chi connectivity index (χ1n) is 11.9. The highest BCUT2D eigenvalue weighted by Crippen LogP contribution is 2.39. The molecule has 5 nitrogen and oxygen atoms in total. The Morgan fingerprint density at radius 1 is 1.12 bits per heavy atom. The molecular formula is C28H29FN4O. The van der Waals surface area contributed by atoms with Crippen molar-refractivity contribution >= 4 is 28.3 Å². The second kappa shape index (κ2) is 9.67. The Balaban J connectivity index is 1.51. The number of carbonyl (C=O) groups excluding carboxylic acids is 1. The monoisotopic (exact) mass is 456 g/mol. The van der Waals surface area contributed by atoms with Gasteiger partial charge in [0, 0.05) is 24.8 Å². The molecule has 1 aliphatic rings. The van der Waals surface area contributed by atoms with Crippen LogP contribution in [0.25, 0.3) is 22.0 Å². The van der Waals surface area contributed by atoms with Crippen LogP contribution in [0.15, 0.2) is 60.9 Å².